The van der Waals surface area contributed by atoms with Crippen LogP contribution in [0, 0.1) is 0 Å². The van der Waals surface area contributed by atoms with E-state index in [1.54, 1.807) is 0 Å². The zero-order chi connectivity index (χ0) is 39.6. The van der Waals surface area contributed by atoms with Crippen molar-refractivity contribution < 1.29 is 63.6 Å². The number of aliphatic imine (C=N–C) groups is 1. The average molecular weight is 734 g/mol. The first-order valence-electron chi connectivity index (χ1n) is 15.3. The maximum atomic E-state index is 13.3. The minimum absolute atomic E-state index is 0.0175. The monoisotopic (exact) mass is 733 g/mol. The summed E-state index contributed by atoms with van der Waals surface area (Å²) in [5, 5.41) is 50.3. The van der Waals surface area contributed by atoms with Crippen LogP contribution in [0.5, 0.6) is 0 Å². The fourth-order valence-corrected chi connectivity index (χ4v) is 3.93. The highest BCUT2D eigenvalue weighted by atomic mass is 16.4. The molecule has 0 bridgehead atoms. The molecule has 0 fully saturated rings. The Kier molecular flexibility index (Phi) is 19.7. The molecule has 8 unspecified atom stereocenters. The van der Waals surface area contributed by atoms with Gasteiger partial charge in [-0.05, 0) is 33.6 Å². The number of aliphatic carboxylic acids is 2. The van der Waals surface area contributed by atoms with E-state index >= 15 is 0 Å². The molecule has 0 heterocycles. The third kappa shape index (κ3) is 17.6. The number of nitrogens with zero attached hydrogens (tertiary/aromatic N) is 1. The molecule has 0 saturated carbocycles. The van der Waals surface area contributed by atoms with E-state index in [4.69, 9.17) is 28.0 Å². The van der Waals surface area contributed by atoms with Crippen molar-refractivity contribution in [1.29, 1.82) is 0 Å². The van der Waals surface area contributed by atoms with Gasteiger partial charge < -0.3 is 75.3 Å². The van der Waals surface area contributed by atoms with Crippen LogP contribution in [0.4, 0.5) is 0 Å². The van der Waals surface area contributed by atoms with Gasteiger partial charge in [0, 0.05) is 6.54 Å². The van der Waals surface area contributed by atoms with Gasteiger partial charge >= 0.3 is 11.9 Å². The number of carbonyl (C=O) groups excluding carboxylic acids is 7. The predicted molar refractivity (Wildman–Crippen MR) is 173 cm³/mol. The Morgan fingerprint density at radius 3 is 1.59 bits per heavy atom. The van der Waals surface area contributed by atoms with Crippen molar-refractivity contribution in [3.05, 3.63) is 0 Å². The van der Waals surface area contributed by atoms with Crippen molar-refractivity contribution in [2.75, 3.05) is 13.2 Å². The maximum Gasteiger partial charge on any atom is 0.328 e. The van der Waals surface area contributed by atoms with Gasteiger partial charge in [-0.2, -0.15) is 0 Å². The molecule has 51 heavy (non-hydrogen) atoms. The molecule has 24 nitrogen and oxygen atoms in total. The van der Waals surface area contributed by atoms with E-state index < -0.39 is 121 Å². The summed E-state index contributed by atoms with van der Waals surface area (Å²) in [4.78, 5) is 114. The third-order valence-electron chi connectivity index (χ3n) is 6.71. The van der Waals surface area contributed by atoms with Crippen LogP contribution in [0.25, 0.3) is 0 Å². The van der Waals surface area contributed by atoms with E-state index in [0.29, 0.717) is 0 Å². The Bertz CT molecular complexity index is 1320. The lowest BCUT2D eigenvalue weighted by molar-refractivity contribution is -0.145. The standard InChI is InChI=1S/C27H47N11O13/c1-10(33-22(46)13(28)7-18(42)43)20(44)37-16(9-39)25(49)36-15(8-17(29)41)24(48)35-14(5-4-6-32-27(30)31)23(47)34-11(2)21(45)38-19(12(3)40)26(50)51/h10-16,19,39-40H,4-9,28H2,1-3H3,(H2,29,41)(H,33,46)(H,34,47)(H,35,48)(H,36,49)(H,37,44)(H,38,45)(H,42,43)(H,50,51)(H4,30,31,32). The normalized spacial score (nSPS) is 15.4. The van der Waals surface area contributed by atoms with E-state index in [2.05, 4.69) is 36.9 Å². The van der Waals surface area contributed by atoms with Gasteiger partial charge in [0.15, 0.2) is 12.0 Å². The molecule has 0 aliphatic heterocycles. The number of guanidine groups is 1. The van der Waals surface area contributed by atoms with Gasteiger partial charge in [-0.3, -0.25) is 43.3 Å². The van der Waals surface area contributed by atoms with Crippen LogP contribution in [0.3, 0.4) is 0 Å². The highest BCUT2D eigenvalue weighted by Gasteiger charge is 2.33. The predicted octanol–water partition coefficient (Wildman–Crippen LogP) is -7.88. The summed E-state index contributed by atoms with van der Waals surface area (Å²) in [6.07, 6.45) is -3.18. The van der Waals surface area contributed by atoms with Crippen LogP contribution >= 0.6 is 0 Å². The van der Waals surface area contributed by atoms with Gasteiger partial charge in [-0.25, -0.2) is 4.79 Å². The summed E-state index contributed by atoms with van der Waals surface area (Å²) in [5.41, 5.74) is 21.3. The van der Waals surface area contributed by atoms with Crippen molar-refractivity contribution in [2.45, 2.75) is 94.9 Å². The molecule has 0 spiro atoms. The highest BCUT2D eigenvalue weighted by molar-refractivity contribution is 5.98. The molecule has 0 aromatic carbocycles. The van der Waals surface area contributed by atoms with E-state index in [-0.39, 0.29) is 25.3 Å². The number of rotatable bonds is 23. The first kappa shape index (κ1) is 45.4. The Morgan fingerprint density at radius 1 is 0.647 bits per heavy atom. The molecule has 24 heteroatoms. The highest BCUT2D eigenvalue weighted by Crippen LogP contribution is 2.04. The minimum Gasteiger partial charge on any atom is -0.481 e. The summed E-state index contributed by atoms with van der Waals surface area (Å²) < 4.78 is 0. The largest absolute Gasteiger partial charge is 0.481 e. The zero-order valence-corrected chi connectivity index (χ0v) is 28.1. The van der Waals surface area contributed by atoms with Crippen LogP contribution in [0.1, 0.15) is 46.5 Å². The van der Waals surface area contributed by atoms with E-state index in [1.165, 1.54) is 6.92 Å². The Hall–Kier alpha value is -5.62. The lowest BCUT2D eigenvalue weighted by Gasteiger charge is -2.26. The summed E-state index contributed by atoms with van der Waals surface area (Å²) in [6.45, 7) is 2.40. The molecule has 0 saturated heterocycles. The van der Waals surface area contributed by atoms with Gasteiger partial charge in [0.25, 0.3) is 0 Å². The molecular weight excluding hydrogens is 686 g/mol. The van der Waals surface area contributed by atoms with Gasteiger partial charge in [-0.15, -0.1) is 0 Å². The maximum absolute atomic E-state index is 13.3. The van der Waals surface area contributed by atoms with Crippen LogP contribution < -0.4 is 54.8 Å². The minimum atomic E-state index is -1.79. The number of primary amides is 1. The van der Waals surface area contributed by atoms with Gasteiger partial charge in [0.05, 0.1) is 31.6 Å². The number of aliphatic hydroxyl groups excluding tert-OH is 2. The summed E-state index contributed by atoms with van der Waals surface area (Å²) in [6, 6.07) is -11.0. The van der Waals surface area contributed by atoms with Gasteiger partial charge in [0.1, 0.15) is 30.2 Å². The summed E-state index contributed by atoms with van der Waals surface area (Å²) >= 11 is 0. The van der Waals surface area contributed by atoms with Crippen molar-refractivity contribution in [1.82, 2.24) is 31.9 Å². The second-order valence-corrected chi connectivity index (χ2v) is 11.2. The van der Waals surface area contributed by atoms with Crippen LogP contribution in [0.15, 0.2) is 4.99 Å². The lowest BCUT2D eigenvalue weighted by atomic mass is 10.1. The van der Waals surface area contributed by atoms with E-state index in [1.807, 2.05) is 0 Å². The molecule has 0 aliphatic carbocycles. The average Bonchev–Trinajstić information content (AvgIpc) is 3.01. The second kappa shape index (κ2) is 22.2. The van der Waals surface area contributed by atoms with Crippen molar-refractivity contribution in [3.8, 4) is 0 Å². The summed E-state index contributed by atoms with van der Waals surface area (Å²) in [7, 11) is 0. The topological polar surface area (TPSA) is 423 Å². The molecule has 0 aromatic heterocycles. The fraction of sp³-hybridized carbons (Fsp3) is 0.630. The molecule has 288 valence electrons. The molecule has 0 aromatic rings. The Balaban J connectivity index is 5.89. The van der Waals surface area contributed by atoms with Crippen LogP contribution in [-0.2, 0) is 43.2 Å². The zero-order valence-electron chi connectivity index (χ0n) is 28.1. The number of amides is 7. The van der Waals surface area contributed by atoms with Gasteiger partial charge in [0.2, 0.25) is 41.4 Å². The van der Waals surface area contributed by atoms with Crippen LogP contribution in [0.2, 0.25) is 0 Å². The number of hydrogen-bond acceptors (Lipinski definition) is 13. The van der Waals surface area contributed by atoms with Crippen LogP contribution in [-0.4, -0.2) is 141 Å². The smallest absolute Gasteiger partial charge is 0.328 e. The number of carboxylic acid groups (broad SMARTS) is 2. The number of carbonyl (C=O) groups is 9. The molecule has 18 N–H and O–H groups in total. The third-order valence-corrected chi connectivity index (χ3v) is 6.71. The number of aliphatic hydroxyl groups is 2. The lowest BCUT2D eigenvalue weighted by Crippen LogP contribution is -2.60. The number of nitrogens with two attached hydrogens (primary N) is 4. The molecular formula is C27H47N11O13. The van der Waals surface area contributed by atoms with Gasteiger partial charge in [-0.1, -0.05) is 0 Å². The second-order valence-electron chi connectivity index (χ2n) is 11.2. The van der Waals surface area contributed by atoms with E-state index in [9.17, 15) is 58.5 Å². The number of hydrogen-bond donors (Lipinski definition) is 14. The SMILES string of the molecule is CC(NC(=O)C(N)CC(=O)O)C(=O)NC(CO)C(=O)NC(CC(N)=O)C(=O)NC(CCCN=C(N)N)C(=O)NC(C)C(=O)NC(C(=O)O)C(C)O. The Morgan fingerprint density at radius 2 is 1.12 bits per heavy atom. The number of nitrogens with one attached hydrogen (secondary N) is 6. The molecule has 0 aliphatic rings. The quantitative estimate of drug-likeness (QED) is 0.0263. The summed E-state index contributed by atoms with van der Waals surface area (Å²) in [5.74, 6) is -10.7. The first-order chi connectivity index (χ1) is 23.6. The Labute approximate surface area is 290 Å². The van der Waals surface area contributed by atoms with Crippen molar-refractivity contribution >= 4 is 59.2 Å². The molecule has 7 amide bonds. The molecule has 0 rings (SSSR count). The molecule has 8 atom stereocenters. The molecule has 0 radical (unpaired) electrons. The van der Waals surface area contributed by atoms with E-state index in [0.717, 1.165) is 13.8 Å². The first-order valence-corrected chi connectivity index (χ1v) is 15.3. The fourth-order valence-electron chi connectivity index (χ4n) is 3.93. The van der Waals surface area contributed by atoms with Crippen molar-refractivity contribution in [3.63, 3.8) is 0 Å². The van der Waals surface area contributed by atoms with Crippen molar-refractivity contribution in [2.24, 2.45) is 27.9 Å². The number of carboxylic acids is 2.